The van der Waals surface area contributed by atoms with Crippen LogP contribution in [0.1, 0.15) is 25.7 Å². The summed E-state index contributed by atoms with van der Waals surface area (Å²) in [5, 5.41) is 3.23. The summed E-state index contributed by atoms with van der Waals surface area (Å²) in [5.74, 6) is 7.91. The number of hydrazine groups is 1. The molecule has 96 valence electrons. The summed E-state index contributed by atoms with van der Waals surface area (Å²) >= 11 is 0. The number of nitrogens with zero attached hydrogens (tertiary/aromatic N) is 1. The molecule has 4 heteroatoms. The van der Waals surface area contributed by atoms with E-state index in [-0.39, 0.29) is 0 Å². The highest BCUT2D eigenvalue weighted by molar-refractivity contribution is 5.93. The molecule has 4 N–H and O–H groups in total. The summed E-state index contributed by atoms with van der Waals surface area (Å²) in [7, 11) is 0. The van der Waals surface area contributed by atoms with Gasteiger partial charge in [0, 0.05) is 5.69 Å². The number of hydrogen-bond acceptors (Lipinski definition) is 2. The predicted octanol–water partition coefficient (Wildman–Crippen LogP) is 2.11. The Morgan fingerprint density at radius 1 is 1.17 bits per heavy atom. The number of para-hydroxylation sites is 1. The first-order chi connectivity index (χ1) is 8.85. The maximum Gasteiger partial charge on any atom is 0.210 e. The minimum Gasteiger partial charge on any atom is -0.325 e. The van der Waals surface area contributed by atoms with E-state index in [1.807, 2.05) is 30.3 Å². The third kappa shape index (κ3) is 2.34. The van der Waals surface area contributed by atoms with Crippen molar-refractivity contribution in [2.45, 2.75) is 31.7 Å². The molecule has 0 radical (unpaired) electrons. The minimum absolute atomic E-state index is 0.450. The van der Waals surface area contributed by atoms with Crippen molar-refractivity contribution in [3.05, 3.63) is 30.3 Å². The van der Waals surface area contributed by atoms with Gasteiger partial charge in [-0.05, 0) is 43.2 Å². The summed E-state index contributed by atoms with van der Waals surface area (Å²) in [4.78, 5) is 4.74. The highest BCUT2D eigenvalue weighted by atomic mass is 15.3. The van der Waals surface area contributed by atoms with Crippen LogP contribution in [0.25, 0.3) is 0 Å². The Morgan fingerprint density at radius 3 is 2.61 bits per heavy atom. The van der Waals surface area contributed by atoms with E-state index in [2.05, 4.69) is 10.7 Å². The van der Waals surface area contributed by atoms with E-state index in [1.54, 1.807) is 0 Å². The summed E-state index contributed by atoms with van der Waals surface area (Å²) in [6, 6.07) is 10.4. The second kappa shape index (κ2) is 4.98. The minimum atomic E-state index is 0.450. The quantitative estimate of drug-likeness (QED) is 0.323. The van der Waals surface area contributed by atoms with Crippen molar-refractivity contribution in [1.29, 1.82) is 0 Å². The molecule has 0 heterocycles. The highest BCUT2D eigenvalue weighted by Gasteiger charge is 2.39. The van der Waals surface area contributed by atoms with Crippen molar-refractivity contribution in [3.63, 3.8) is 0 Å². The molecule has 2 aliphatic rings. The Morgan fingerprint density at radius 2 is 2.00 bits per heavy atom. The van der Waals surface area contributed by atoms with Crippen molar-refractivity contribution in [2.24, 2.45) is 22.7 Å². The van der Waals surface area contributed by atoms with Crippen LogP contribution in [0.3, 0.4) is 0 Å². The molecule has 0 saturated heterocycles. The number of benzene rings is 1. The molecule has 3 atom stereocenters. The van der Waals surface area contributed by atoms with E-state index in [0.717, 1.165) is 17.5 Å². The molecule has 1 aromatic rings. The number of fused-ring (bicyclic) bond motifs is 2. The lowest BCUT2D eigenvalue weighted by molar-refractivity contribution is 0.419. The van der Waals surface area contributed by atoms with Crippen molar-refractivity contribution in [1.82, 2.24) is 5.43 Å². The molecule has 3 unspecified atom stereocenters. The van der Waals surface area contributed by atoms with Crippen LogP contribution in [-0.2, 0) is 0 Å². The number of nitrogens with two attached hydrogens (primary N) is 1. The van der Waals surface area contributed by atoms with E-state index in [4.69, 9.17) is 10.8 Å². The lowest BCUT2D eigenvalue weighted by Crippen LogP contribution is -2.37. The van der Waals surface area contributed by atoms with Gasteiger partial charge in [-0.2, -0.15) is 0 Å². The van der Waals surface area contributed by atoms with Crippen molar-refractivity contribution in [3.8, 4) is 0 Å². The van der Waals surface area contributed by atoms with Gasteiger partial charge in [0.15, 0.2) is 0 Å². The fourth-order valence-corrected chi connectivity index (χ4v) is 3.30. The van der Waals surface area contributed by atoms with E-state index >= 15 is 0 Å². The molecule has 18 heavy (non-hydrogen) atoms. The third-order valence-corrected chi connectivity index (χ3v) is 4.17. The van der Waals surface area contributed by atoms with Gasteiger partial charge in [0.2, 0.25) is 5.96 Å². The van der Waals surface area contributed by atoms with Crippen LogP contribution >= 0.6 is 0 Å². The highest BCUT2D eigenvalue weighted by Crippen LogP contribution is 2.45. The Balaban J connectivity index is 1.69. The van der Waals surface area contributed by atoms with Crippen LogP contribution in [-0.4, -0.2) is 12.0 Å². The maximum atomic E-state index is 5.55. The molecule has 4 nitrogen and oxygen atoms in total. The van der Waals surface area contributed by atoms with Crippen LogP contribution in [0.4, 0.5) is 5.69 Å². The van der Waals surface area contributed by atoms with Crippen LogP contribution < -0.4 is 16.6 Å². The zero-order valence-corrected chi connectivity index (χ0v) is 10.5. The predicted molar refractivity (Wildman–Crippen MR) is 74.1 cm³/mol. The van der Waals surface area contributed by atoms with Crippen LogP contribution in [0, 0.1) is 11.8 Å². The number of guanidine groups is 1. The summed E-state index contributed by atoms with van der Waals surface area (Å²) in [6.07, 6.45) is 5.32. The molecule has 3 rings (SSSR count). The summed E-state index contributed by atoms with van der Waals surface area (Å²) in [5.41, 5.74) is 3.69. The Bertz CT molecular complexity index is 429. The van der Waals surface area contributed by atoms with Gasteiger partial charge in [-0.25, -0.2) is 10.8 Å². The number of rotatable bonds is 2. The number of hydrogen-bond donors (Lipinski definition) is 3. The monoisotopic (exact) mass is 244 g/mol. The smallest absolute Gasteiger partial charge is 0.210 e. The topological polar surface area (TPSA) is 62.4 Å². The fraction of sp³-hybridized carbons (Fsp3) is 0.500. The second-order valence-electron chi connectivity index (χ2n) is 5.36. The first-order valence-corrected chi connectivity index (χ1v) is 6.71. The standard InChI is InChI=1S/C14H20N4/c15-18-14(16-12-4-2-1-3-5-12)17-13-9-10-6-7-11(13)8-10/h1-5,10-11,13H,6-9,15H2,(H2,16,17,18). The fourth-order valence-electron chi connectivity index (χ4n) is 3.30. The number of aliphatic imine (C=N–C) groups is 1. The van der Waals surface area contributed by atoms with Gasteiger partial charge in [-0.15, -0.1) is 0 Å². The molecular formula is C14H20N4. The van der Waals surface area contributed by atoms with Crippen LogP contribution in [0.2, 0.25) is 0 Å². The average Bonchev–Trinajstić information content (AvgIpc) is 3.01. The Hall–Kier alpha value is -1.55. The van der Waals surface area contributed by atoms with Crippen molar-refractivity contribution in [2.75, 3.05) is 5.32 Å². The second-order valence-corrected chi connectivity index (χ2v) is 5.36. The van der Waals surface area contributed by atoms with Gasteiger partial charge in [-0.1, -0.05) is 24.6 Å². The van der Waals surface area contributed by atoms with Gasteiger partial charge in [-0.3, -0.25) is 5.43 Å². The molecular weight excluding hydrogens is 224 g/mol. The molecule has 2 fully saturated rings. The van der Waals surface area contributed by atoms with E-state index in [1.165, 1.54) is 25.7 Å². The molecule has 1 aromatic carbocycles. The lowest BCUT2D eigenvalue weighted by atomic mass is 9.96. The summed E-state index contributed by atoms with van der Waals surface area (Å²) in [6.45, 7) is 0. The third-order valence-electron chi connectivity index (χ3n) is 4.17. The maximum absolute atomic E-state index is 5.55. The van der Waals surface area contributed by atoms with Gasteiger partial charge >= 0.3 is 0 Å². The van der Waals surface area contributed by atoms with Gasteiger partial charge < -0.3 is 5.32 Å². The van der Waals surface area contributed by atoms with Gasteiger partial charge in [0.05, 0.1) is 6.04 Å². The first-order valence-electron chi connectivity index (χ1n) is 6.71. The molecule has 0 amide bonds. The molecule has 0 aromatic heterocycles. The molecule has 2 aliphatic carbocycles. The largest absolute Gasteiger partial charge is 0.325 e. The molecule has 0 spiro atoms. The van der Waals surface area contributed by atoms with E-state index in [9.17, 15) is 0 Å². The first kappa shape index (κ1) is 11.5. The number of anilines is 1. The average molecular weight is 244 g/mol. The van der Waals surface area contributed by atoms with E-state index < -0.39 is 0 Å². The zero-order valence-electron chi connectivity index (χ0n) is 10.5. The molecule has 2 saturated carbocycles. The van der Waals surface area contributed by atoms with Crippen molar-refractivity contribution < 1.29 is 0 Å². The Labute approximate surface area is 108 Å². The molecule has 2 bridgehead atoms. The molecule has 0 aliphatic heterocycles. The van der Waals surface area contributed by atoms with Gasteiger partial charge in [0.1, 0.15) is 0 Å². The van der Waals surface area contributed by atoms with Crippen molar-refractivity contribution >= 4 is 11.6 Å². The Kier molecular flexibility index (Phi) is 3.19. The number of nitrogens with one attached hydrogen (secondary N) is 2. The van der Waals surface area contributed by atoms with Crippen LogP contribution in [0.5, 0.6) is 0 Å². The van der Waals surface area contributed by atoms with Crippen LogP contribution in [0.15, 0.2) is 35.3 Å². The summed E-state index contributed by atoms with van der Waals surface area (Å²) < 4.78 is 0. The normalized spacial score (nSPS) is 30.5. The van der Waals surface area contributed by atoms with E-state index in [0.29, 0.717) is 12.0 Å². The van der Waals surface area contributed by atoms with Gasteiger partial charge in [0.25, 0.3) is 0 Å². The zero-order chi connectivity index (χ0) is 12.4. The lowest BCUT2D eigenvalue weighted by Gasteiger charge is -2.19. The SMILES string of the molecule is NNC(=NC1CC2CCC1C2)Nc1ccccc1.